The van der Waals surface area contributed by atoms with Gasteiger partial charge in [-0.3, -0.25) is 0 Å². The Morgan fingerprint density at radius 1 is 1.29 bits per heavy atom. The SMILES string of the molecule is CCN(C)C(=O)NCCCCCCO. The number of aliphatic hydroxyl groups is 1. The average Bonchev–Trinajstić information content (AvgIpc) is 2.21. The van der Waals surface area contributed by atoms with Gasteiger partial charge in [0.2, 0.25) is 0 Å². The number of hydrogen-bond donors (Lipinski definition) is 2. The van der Waals surface area contributed by atoms with E-state index in [1.54, 1.807) is 11.9 Å². The second-order valence-electron chi connectivity index (χ2n) is 3.38. The summed E-state index contributed by atoms with van der Waals surface area (Å²) in [6.07, 6.45) is 3.96. The molecule has 0 aliphatic heterocycles. The van der Waals surface area contributed by atoms with Crippen LogP contribution < -0.4 is 5.32 Å². The zero-order valence-corrected chi connectivity index (χ0v) is 9.25. The predicted octanol–water partition coefficient (Wildman–Crippen LogP) is 1.20. The third-order valence-corrected chi connectivity index (χ3v) is 2.18. The van der Waals surface area contributed by atoms with Gasteiger partial charge in [-0.1, -0.05) is 12.8 Å². The Bertz CT molecular complexity index is 151. The normalized spacial score (nSPS) is 9.93. The van der Waals surface area contributed by atoms with Gasteiger partial charge < -0.3 is 15.3 Å². The molecule has 14 heavy (non-hydrogen) atoms. The lowest BCUT2D eigenvalue weighted by molar-refractivity contribution is 0.211. The second-order valence-corrected chi connectivity index (χ2v) is 3.38. The molecular formula is C10H22N2O2. The highest BCUT2D eigenvalue weighted by atomic mass is 16.2. The van der Waals surface area contributed by atoms with Gasteiger partial charge in [-0.2, -0.15) is 0 Å². The minimum atomic E-state index is -0.00495. The topological polar surface area (TPSA) is 52.6 Å². The minimum Gasteiger partial charge on any atom is -0.396 e. The summed E-state index contributed by atoms with van der Waals surface area (Å²) in [7, 11) is 1.78. The number of carbonyl (C=O) groups excluding carboxylic acids is 1. The molecular weight excluding hydrogens is 180 g/mol. The Balaban J connectivity index is 3.23. The van der Waals surface area contributed by atoms with Crippen LogP contribution in [0.4, 0.5) is 4.79 Å². The van der Waals surface area contributed by atoms with Gasteiger partial charge in [-0.25, -0.2) is 4.79 Å². The highest BCUT2D eigenvalue weighted by Gasteiger charge is 2.03. The summed E-state index contributed by atoms with van der Waals surface area (Å²) in [6, 6.07) is -0.00495. The molecule has 2 N–H and O–H groups in total. The van der Waals surface area contributed by atoms with Crippen molar-refractivity contribution in [3.8, 4) is 0 Å². The maximum Gasteiger partial charge on any atom is 0.317 e. The molecule has 0 aliphatic carbocycles. The quantitative estimate of drug-likeness (QED) is 0.609. The number of hydrogen-bond acceptors (Lipinski definition) is 2. The summed E-state index contributed by atoms with van der Waals surface area (Å²) in [5.41, 5.74) is 0. The van der Waals surface area contributed by atoms with E-state index in [2.05, 4.69) is 5.32 Å². The van der Waals surface area contributed by atoms with E-state index in [-0.39, 0.29) is 12.6 Å². The number of aliphatic hydroxyl groups excluding tert-OH is 1. The van der Waals surface area contributed by atoms with Crippen LogP contribution in [0.3, 0.4) is 0 Å². The first-order chi connectivity index (χ1) is 6.72. The molecule has 0 aliphatic rings. The molecule has 0 saturated heterocycles. The van der Waals surface area contributed by atoms with Crippen molar-refractivity contribution in [3.05, 3.63) is 0 Å². The first kappa shape index (κ1) is 13.2. The summed E-state index contributed by atoms with van der Waals surface area (Å²) in [6.45, 7) is 3.68. The first-order valence-electron chi connectivity index (χ1n) is 5.32. The van der Waals surface area contributed by atoms with Gasteiger partial charge in [-0.15, -0.1) is 0 Å². The summed E-state index contributed by atoms with van der Waals surface area (Å²) in [4.78, 5) is 12.9. The van der Waals surface area contributed by atoms with E-state index in [1.165, 1.54) is 0 Å². The summed E-state index contributed by atoms with van der Waals surface area (Å²) < 4.78 is 0. The fourth-order valence-corrected chi connectivity index (χ4v) is 1.06. The standard InChI is InChI=1S/C10H22N2O2/c1-3-12(2)10(14)11-8-6-4-5-7-9-13/h13H,3-9H2,1-2H3,(H,11,14). The molecule has 0 radical (unpaired) electrons. The van der Waals surface area contributed by atoms with Crippen LogP contribution in [0.15, 0.2) is 0 Å². The molecule has 0 bridgehead atoms. The average molecular weight is 202 g/mol. The van der Waals surface area contributed by atoms with E-state index in [0.29, 0.717) is 0 Å². The van der Waals surface area contributed by atoms with Gasteiger partial charge in [0.05, 0.1) is 0 Å². The lowest BCUT2D eigenvalue weighted by Gasteiger charge is -2.15. The molecule has 4 nitrogen and oxygen atoms in total. The Morgan fingerprint density at radius 2 is 1.93 bits per heavy atom. The predicted molar refractivity (Wildman–Crippen MR) is 57.3 cm³/mol. The van der Waals surface area contributed by atoms with E-state index in [0.717, 1.165) is 38.8 Å². The molecule has 2 amide bonds. The number of carbonyl (C=O) groups is 1. The smallest absolute Gasteiger partial charge is 0.317 e. The van der Waals surface area contributed by atoms with Crippen LogP contribution in [0, 0.1) is 0 Å². The van der Waals surface area contributed by atoms with Crippen LogP contribution >= 0.6 is 0 Å². The highest BCUT2D eigenvalue weighted by Crippen LogP contribution is 1.97. The Hall–Kier alpha value is -0.770. The van der Waals surface area contributed by atoms with Crippen LogP contribution in [0.25, 0.3) is 0 Å². The zero-order chi connectivity index (χ0) is 10.8. The molecule has 0 atom stereocenters. The van der Waals surface area contributed by atoms with Gasteiger partial charge in [0, 0.05) is 26.7 Å². The van der Waals surface area contributed by atoms with Crippen molar-refractivity contribution in [2.45, 2.75) is 32.6 Å². The van der Waals surface area contributed by atoms with E-state index >= 15 is 0 Å². The molecule has 4 heteroatoms. The number of nitrogens with one attached hydrogen (secondary N) is 1. The van der Waals surface area contributed by atoms with Crippen molar-refractivity contribution in [2.75, 3.05) is 26.7 Å². The number of nitrogens with zero attached hydrogens (tertiary/aromatic N) is 1. The van der Waals surface area contributed by atoms with Crippen molar-refractivity contribution in [1.29, 1.82) is 0 Å². The van der Waals surface area contributed by atoms with Crippen molar-refractivity contribution in [1.82, 2.24) is 10.2 Å². The number of amides is 2. The summed E-state index contributed by atoms with van der Waals surface area (Å²) in [5.74, 6) is 0. The lowest BCUT2D eigenvalue weighted by atomic mass is 10.2. The second kappa shape index (κ2) is 8.81. The first-order valence-corrected chi connectivity index (χ1v) is 5.32. The Labute approximate surface area is 86.3 Å². The Morgan fingerprint density at radius 3 is 2.50 bits per heavy atom. The van der Waals surface area contributed by atoms with E-state index in [4.69, 9.17) is 5.11 Å². The van der Waals surface area contributed by atoms with Crippen LogP contribution in [-0.2, 0) is 0 Å². The fourth-order valence-electron chi connectivity index (χ4n) is 1.06. The van der Waals surface area contributed by atoms with Gasteiger partial charge in [0.15, 0.2) is 0 Å². The van der Waals surface area contributed by atoms with Gasteiger partial charge in [-0.05, 0) is 19.8 Å². The maximum atomic E-state index is 11.2. The third-order valence-electron chi connectivity index (χ3n) is 2.18. The molecule has 0 rings (SSSR count). The molecule has 0 fully saturated rings. The van der Waals surface area contributed by atoms with Crippen LogP contribution in [0.2, 0.25) is 0 Å². The zero-order valence-electron chi connectivity index (χ0n) is 9.25. The highest BCUT2D eigenvalue weighted by molar-refractivity contribution is 5.73. The van der Waals surface area contributed by atoms with Gasteiger partial charge in [0.25, 0.3) is 0 Å². The summed E-state index contributed by atoms with van der Waals surface area (Å²) >= 11 is 0. The maximum absolute atomic E-state index is 11.2. The van der Waals surface area contributed by atoms with Crippen LogP contribution in [0.1, 0.15) is 32.6 Å². The van der Waals surface area contributed by atoms with Crippen molar-refractivity contribution in [2.24, 2.45) is 0 Å². The van der Waals surface area contributed by atoms with Gasteiger partial charge >= 0.3 is 6.03 Å². The molecule has 0 unspecified atom stereocenters. The largest absolute Gasteiger partial charge is 0.396 e. The van der Waals surface area contributed by atoms with Crippen LogP contribution in [-0.4, -0.2) is 42.8 Å². The van der Waals surface area contributed by atoms with E-state index in [9.17, 15) is 4.79 Å². The monoisotopic (exact) mass is 202 g/mol. The lowest BCUT2D eigenvalue weighted by Crippen LogP contribution is -2.37. The number of rotatable bonds is 7. The molecule has 0 aromatic heterocycles. The summed E-state index contributed by atoms with van der Waals surface area (Å²) in [5, 5.41) is 11.4. The van der Waals surface area contributed by atoms with Crippen LogP contribution in [0.5, 0.6) is 0 Å². The molecule has 0 saturated carbocycles. The number of unbranched alkanes of at least 4 members (excludes halogenated alkanes) is 3. The van der Waals surface area contributed by atoms with E-state index < -0.39 is 0 Å². The van der Waals surface area contributed by atoms with Crippen molar-refractivity contribution < 1.29 is 9.90 Å². The molecule has 0 spiro atoms. The molecule has 84 valence electrons. The molecule has 0 aromatic rings. The molecule has 0 aromatic carbocycles. The fraction of sp³-hybridized carbons (Fsp3) is 0.900. The Kier molecular flexibility index (Phi) is 8.33. The number of urea groups is 1. The third kappa shape index (κ3) is 6.71. The van der Waals surface area contributed by atoms with E-state index in [1.807, 2.05) is 6.92 Å². The molecule has 0 heterocycles. The van der Waals surface area contributed by atoms with Crippen molar-refractivity contribution >= 4 is 6.03 Å². The van der Waals surface area contributed by atoms with Gasteiger partial charge in [0.1, 0.15) is 0 Å². The minimum absolute atomic E-state index is 0.00495. The van der Waals surface area contributed by atoms with Crippen molar-refractivity contribution in [3.63, 3.8) is 0 Å².